The Kier molecular flexibility index (Phi) is 6.50. The van der Waals surface area contributed by atoms with Gasteiger partial charge in [0.05, 0.1) is 6.04 Å². The maximum atomic E-state index is 13.0. The number of halogens is 1. The molecule has 1 rings (SSSR count). The lowest BCUT2D eigenvalue weighted by Crippen LogP contribution is -2.42. The van der Waals surface area contributed by atoms with Gasteiger partial charge in [-0.05, 0) is 37.0 Å². The summed E-state index contributed by atoms with van der Waals surface area (Å²) in [7, 11) is 0. The van der Waals surface area contributed by atoms with E-state index in [0.29, 0.717) is 19.0 Å². The Labute approximate surface area is 114 Å². The van der Waals surface area contributed by atoms with Gasteiger partial charge in [0.1, 0.15) is 5.82 Å². The summed E-state index contributed by atoms with van der Waals surface area (Å²) in [4.78, 5) is 11.8. The molecule has 0 spiro atoms. The number of carbonyl (C=O) groups is 1. The van der Waals surface area contributed by atoms with E-state index in [1.807, 2.05) is 13.0 Å². The molecule has 106 valence electrons. The summed E-state index contributed by atoms with van der Waals surface area (Å²) in [5, 5.41) is 5.97. The Hall–Kier alpha value is -1.42. The molecule has 0 saturated heterocycles. The molecule has 1 aromatic rings. The van der Waals surface area contributed by atoms with Gasteiger partial charge in [-0.2, -0.15) is 0 Å². The smallest absolute Gasteiger partial charge is 0.236 e. The molecule has 0 saturated carbocycles. The second kappa shape index (κ2) is 7.89. The Morgan fingerprint density at radius 3 is 2.68 bits per heavy atom. The van der Waals surface area contributed by atoms with Gasteiger partial charge in [-0.15, -0.1) is 0 Å². The second-order valence-electron chi connectivity index (χ2n) is 5.21. The van der Waals surface area contributed by atoms with E-state index in [1.54, 1.807) is 6.07 Å². The first-order chi connectivity index (χ1) is 8.99. The highest BCUT2D eigenvalue weighted by molar-refractivity contribution is 5.81. The van der Waals surface area contributed by atoms with E-state index in [9.17, 15) is 9.18 Å². The maximum absolute atomic E-state index is 13.0. The van der Waals surface area contributed by atoms with Gasteiger partial charge in [0.15, 0.2) is 0 Å². The van der Waals surface area contributed by atoms with Crippen molar-refractivity contribution in [3.63, 3.8) is 0 Å². The van der Waals surface area contributed by atoms with Crippen molar-refractivity contribution in [1.29, 1.82) is 0 Å². The predicted molar refractivity (Wildman–Crippen MR) is 75.2 cm³/mol. The van der Waals surface area contributed by atoms with Crippen LogP contribution < -0.4 is 10.6 Å². The zero-order valence-electron chi connectivity index (χ0n) is 11.9. The number of hydrogen-bond donors (Lipinski definition) is 2. The van der Waals surface area contributed by atoms with E-state index < -0.39 is 0 Å². The van der Waals surface area contributed by atoms with Crippen molar-refractivity contribution in [3.8, 4) is 0 Å². The highest BCUT2D eigenvalue weighted by Crippen LogP contribution is 2.03. The van der Waals surface area contributed by atoms with Crippen LogP contribution in [0.15, 0.2) is 24.3 Å². The summed E-state index contributed by atoms with van der Waals surface area (Å²) in [5.74, 6) is 0.307. The molecule has 0 aliphatic rings. The van der Waals surface area contributed by atoms with Gasteiger partial charge in [-0.3, -0.25) is 4.79 Å². The number of amides is 1. The van der Waals surface area contributed by atoms with Crippen LogP contribution in [-0.2, 0) is 11.3 Å². The monoisotopic (exact) mass is 266 g/mol. The maximum Gasteiger partial charge on any atom is 0.236 e. The molecule has 0 heterocycles. The fourth-order valence-electron chi connectivity index (χ4n) is 1.65. The van der Waals surface area contributed by atoms with Gasteiger partial charge in [0.25, 0.3) is 0 Å². The first kappa shape index (κ1) is 15.6. The van der Waals surface area contributed by atoms with Crippen molar-refractivity contribution >= 4 is 5.91 Å². The van der Waals surface area contributed by atoms with Crippen LogP contribution in [-0.4, -0.2) is 18.5 Å². The minimum absolute atomic E-state index is 0.0166. The predicted octanol–water partition coefficient (Wildman–Crippen LogP) is 2.47. The third kappa shape index (κ3) is 6.34. The van der Waals surface area contributed by atoms with Gasteiger partial charge in [-0.25, -0.2) is 4.39 Å². The van der Waals surface area contributed by atoms with E-state index in [0.717, 1.165) is 12.0 Å². The van der Waals surface area contributed by atoms with E-state index in [1.165, 1.54) is 12.1 Å². The Morgan fingerprint density at radius 2 is 2.05 bits per heavy atom. The van der Waals surface area contributed by atoms with Crippen LogP contribution in [0.2, 0.25) is 0 Å². The fourth-order valence-corrected chi connectivity index (χ4v) is 1.65. The standard InChI is InChI=1S/C15H23FN2O/c1-11(2)7-8-17-15(19)12(3)18-10-13-5-4-6-14(16)9-13/h4-6,9,11-12,18H,7-8,10H2,1-3H3,(H,17,19). The topological polar surface area (TPSA) is 41.1 Å². The summed E-state index contributed by atoms with van der Waals surface area (Å²) in [5.41, 5.74) is 0.835. The molecule has 1 atom stereocenters. The molecule has 2 N–H and O–H groups in total. The van der Waals surface area contributed by atoms with Crippen LogP contribution >= 0.6 is 0 Å². The Bertz CT molecular complexity index is 407. The quantitative estimate of drug-likeness (QED) is 0.796. The normalized spacial score (nSPS) is 12.5. The Morgan fingerprint density at radius 1 is 1.32 bits per heavy atom. The van der Waals surface area contributed by atoms with Crippen molar-refractivity contribution in [2.75, 3.05) is 6.54 Å². The largest absolute Gasteiger partial charge is 0.355 e. The lowest BCUT2D eigenvalue weighted by Gasteiger charge is -2.14. The number of rotatable bonds is 7. The van der Waals surface area contributed by atoms with Gasteiger partial charge in [0.2, 0.25) is 5.91 Å². The average Bonchev–Trinajstić information content (AvgIpc) is 2.35. The van der Waals surface area contributed by atoms with Crippen molar-refractivity contribution in [3.05, 3.63) is 35.6 Å². The summed E-state index contributed by atoms with van der Waals surface area (Å²) in [6.07, 6.45) is 0.975. The molecule has 4 heteroatoms. The van der Waals surface area contributed by atoms with E-state index >= 15 is 0 Å². The van der Waals surface area contributed by atoms with Gasteiger partial charge >= 0.3 is 0 Å². The molecule has 0 aliphatic carbocycles. The van der Waals surface area contributed by atoms with Crippen LogP contribution in [0.3, 0.4) is 0 Å². The molecule has 1 aromatic carbocycles. The molecule has 1 unspecified atom stereocenters. The number of carbonyl (C=O) groups excluding carboxylic acids is 1. The van der Waals surface area contributed by atoms with Crippen LogP contribution in [0.5, 0.6) is 0 Å². The molecule has 1 amide bonds. The molecule has 0 fully saturated rings. The zero-order valence-corrected chi connectivity index (χ0v) is 11.9. The van der Waals surface area contributed by atoms with E-state index in [2.05, 4.69) is 24.5 Å². The van der Waals surface area contributed by atoms with Crippen LogP contribution in [0, 0.1) is 11.7 Å². The van der Waals surface area contributed by atoms with E-state index in [4.69, 9.17) is 0 Å². The molecule has 0 radical (unpaired) electrons. The molecular formula is C15H23FN2O. The van der Waals surface area contributed by atoms with Crippen LogP contribution in [0.25, 0.3) is 0 Å². The van der Waals surface area contributed by atoms with Gasteiger partial charge in [-0.1, -0.05) is 26.0 Å². The third-order valence-corrected chi connectivity index (χ3v) is 2.92. The molecule has 3 nitrogen and oxygen atoms in total. The summed E-state index contributed by atoms with van der Waals surface area (Å²) >= 11 is 0. The Balaban J connectivity index is 2.30. The van der Waals surface area contributed by atoms with Crippen molar-refractivity contribution < 1.29 is 9.18 Å². The average molecular weight is 266 g/mol. The minimum atomic E-state index is -0.282. The number of hydrogen-bond acceptors (Lipinski definition) is 2. The lowest BCUT2D eigenvalue weighted by atomic mass is 10.1. The zero-order chi connectivity index (χ0) is 14.3. The lowest BCUT2D eigenvalue weighted by molar-refractivity contribution is -0.122. The third-order valence-electron chi connectivity index (χ3n) is 2.92. The summed E-state index contributed by atoms with van der Waals surface area (Å²) in [6, 6.07) is 6.09. The number of benzene rings is 1. The molecule has 0 bridgehead atoms. The van der Waals surface area contributed by atoms with Gasteiger partial charge in [0, 0.05) is 13.1 Å². The molecular weight excluding hydrogens is 243 g/mol. The first-order valence-corrected chi connectivity index (χ1v) is 6.74. The second-order valence-corrected chi connectivity index (χ2v) is 5.21. The molecule has 19 heavy (non-hydrogen) atoms. The van der Waals surface area contributed by atoms with E-state index in [-0.39, 0.29) is 17.8 Å². The van der Waals surface area contributed by atoms with Crippen LogP contribution in [0.1, 0.15) is 32.8 Å². The number of nitrogens with one attached hydrogen (secondary N) is 2. The highest BCUT2D eigenvalue weighted by Gasteiger charge is 2.11. The minimum Gasteiger partial charge on any atom is -0.355 e. The summed E-state index contributed by atoms with van der Waals surface area (Å²) in [6.45, 7) is 7.23. The first-order valence-electron chi connectivity index (χ1n) is 6.74. The van der Waals surface area contributed by atoms with Crippen molar-refractivity contribution in [1.82, 2.24) is 10.6 Å². The fraction of sp³-hybridized carbons (Fsp3) is 0.533. The SMILES string of the molecule is CC(C)CCNC(=O)C(C)NCc1cccc(F)c1. The highest BCUT2D eigenvalue weighted by atomic mass is 19.1. The van der Waals surface area contributed by atoms with Crippen molar-refractivity contribution in [2.24, 2.45) is 5.92 Å². The van der Waals surface area contributed by atoms with Gasteiger partial charge < -0.3 is 10.6 Å². The summed E-state index contributed by atoms with van der Waals surface area (Å²) < 4.78 is 13.0. The van der Waals surface area contributed by atoms with Crippen LogP contribution in [0.4, 0.5) is 4.39 Å². The molecule has 0 aromatic heterocycles. The van der Waals surface area contributed by atoms with Crippen molar-refractivity contribution in [2.45, 2.75) is 39.8 Å². The molecule has 0 aliphatic heterocycles.